The predicted molar refractivity (Wildman–Crippen MR) is 57.4 cm³/mol. The van der Waals surface area contributed by atoms with Gasteiger partial charge in [0.2, 0.25) is 0 Å². The number of hydrogen-bond donors (Lipinski definition) is 0. The highest BCUT2D eigenvalue weighted by Gasteiger charge is 1.98. The number of benzene rings is 1. The fraction of sp³-hybridized carbons (Fsp3) is 0. The zero-order chi connectivity index (χ0) is 9.26. The van der Waals surface area contributed by atoms with Crippen LogP contribution in [0.4, 0.5) is 0 Å². The van der Waals surface area contributed by atoms with Gasteiger partial charge in [-0.15, -0.1) is 6.42 Å². The largest absolute Gasteiger partial charge is 0.256 e. The Labute approximate surface area is 84.9 Å². The van der Waals surface area contributed by atoms with Gasteiger partial charge in [0.1, 0.15) is 0 Å². The van der Waals surface area contributed by atoms with Gasteiger partial charge in [-0.1, -0.05) is 27.9 Å². The van der Waals surface area contributed by atoms with E-state index in [1.807, 2.05) is 24.3 Å². The van der Waals surface area contributed by atoms with Gasteiger partial charge in [0.05, 0.1) is 5.52 Å². The van der Waals surface area contributed by atoms with Crippen molar-refractivity contribution in [3.8, 4) is 12.3 Å². The summed E-state index contributed by atoms with van der Waals surface area (Å²) in [7, 11) is 0. The topological polar surface area (TPSA) is 12.9 Å². The van der Waals surface area contributed by atoms with E-state index in [0.717, 1.165) is 20.9 Å². The standard InChI is InChI=1S/C11H6BrN/c1-2-8-5-6-13-11-7-9(12)3-4-10(8)11/h1,3-7H. The van der Waals surface area contributed by atoms with Crippen LogP contribution in [0.1, 0.15) is 5.56 Å². The molecule has 0 saturated heterocycles. The van der Waals surface area contributed by atoms with Crippen LogP contribution in [0.15, 0.2) is 34.9 Å². The zero-order valence-electron chi connectivity index (χ0n) is 6.79. The highest BCUT2D eigenvalue weighted by atomic mass is 79.9. The second-order valence-electron chi connectivity index (χ2n) is 2.66. The normalized spacial score (nSPS) is 9.85. The monoisotopic (exact) mass is 231 g/mol. The lowest BCUT2D eigenvalue weighted by molar-refractivity contribution is 1.40. The molecule has 0 fully saturated rings. The first kappa shape index (κ1) is 8.28. The zero-order valence-corrected chi connectivity index (χ0v) is 8.38. The van der Waals surface area contributed by atoms with Crippen molar-refractivity contribution in [3.05, 3.63) is 40.5 Å². The van der Waals surface area contributed by atoms with Crippen LogP contribution in [-0.4, -0.2) is 4.98 Å². The van der Waals surface area contributed by atoms with Crippen LogP contribution in [0.25, 0.3) is 10.9 Å². The minimum Gasteiger partial charge on any atom is -0.256 e. The van der Waals surface area contributed by atoms with Gasteiger partial charge in [0, 0.05) is 21.6 Å². The van der Waals surface area contributed by atoms with E-state index in [2.05, 4.69) is 26.8 Å². The van der Waals surface area contributed by atoms with Gasteiger partial charge < -0.3 is 0 Å². The van der Waals surface area contributed by atoms with E-state index < -0.39 is 0 Å². The molecule has 0 aliphatic heterocycles. The van der Waals surface area contributed by atoms with Crippen LogP contribution < -0.4 is 0 Å². The summed E-state index contributed by atoms with van der Waals surface area (Å²) < 4.78 is 1.02. The second-order valence-corrected chi connectivity index (χ2v) is 3.58. The van der Waals surface area contributed by atoms with Crippen LogP contribution in [0.3, 0.4) is 0 Å². The fourth-order valence-electron chi connectivity index (χ4n) is 1.25. The fourth-order valence-corrected chi connectivity index (χ4v) is 1.60. The van der Waals surface area contributed by atoms with Crippen LogP contribution in [0.2, 0.25) is 0 Å². The summed E-state index contributed by atoms with van der Waals surface area (Å²) in [6.07, 6.45) is 7.09. The van der Waals surface area contributed by atoms with Gasteiger partial charge in [-0.2, -0.15) is 0 Å². The van der Waals surface area contributed by atoms with Crippen LogP contribution in [0, 0.1) is 12.3 Å². The van der Waals surface area contributed by atoms with Gasteiger partial charge in [-0.25, -0.2) is 0 Å². The SMILES string of the molecule is C#Cc1ccnc2cc(Br)ccc12. The molecule has 0 spiro atoms. The Kier molecular flexibility index (Phi) is 2.03. The molecule has 2 rings (SSSR count). The van der Waals surface area contributed by atoms with Gasteiger partial charge in [-0.3, -0.25) is 4.98 Å². The number of nitrogens with zero attached hydrogens (tertiary/aromatic N) is 1. The van der Waals surface area contributed by atoms with Gasteiger partial charge >= 0.3 is 0 Å². The van der Waals surface area contributed by atoms with Crippen molar-refractivity contribution in [2.45, 2.75) is 0 Å². The third-order valence-corrected chi connectivity index (χ3v) is 2.35. The lowest BCUT2D eigenvalue weighted by Crippen LogP contribution is -1.82. The molecule has 1 aromatic carbocycles. The first-order chi connectivity index (χ1) is 6.31. The number of fused-ring (bicyclic) bond motifs is 1. The molecule has 0 N–H and O–H groups in total. The van der Waals surface area contributed by atoms with Gasteiger partial charge in [0.15, 0.2) is 0 Å². The summed E-state index contributed by atoms with van der Waals surface area (Å²) in [6.45, 7) is 0. The Morgan fingerprint density at radius 1 is 1.31 bits per heavy atom. The molecule has 2 aromatic rings. The molecule has 62 valence electrons. The van der Waals surface area contributed by atoms with Crippen molar-refractivity contribution in [2.24, 2.45) is 0 Å². The van der Waals surface area contributed by atoms with E-state index in [-0.39, 0.29) is 0 Å². The molecule has 1 nitrogen and oxygen atoms in total. The first-order valence-corrected chi connectivity index (χ1v) is 4.61. The van der Waals surface area contributed by atoms with Crippen LogP contribution in [0.5, 0.6) is 0 Å². The molecule has 0 aliphatic rings. The summed E-state index contributed by atoms with van der Waals surface area (Å²) >= 11 is 3.39. The maximum absolute atomic E-state index is 5.36. The average Bonchev–Trinajstić information content (AvgIpc) is 2.16. The number of pyridine rings is 1. The Bertz CT molecular complexity index is 497. The molecule has 0 unspecified atom stereocenters. The maximum atomic E-state index is 5.36. The Morgan fingerprint density at radius 2 is 2.15 bits per heavy atom. The second kappa shape index (κ2) is 3.20. The molecule has 0 atom stereocenters. The summed E-state index contributed by atoms with van der Waals surface area (Å²) in [5.74, 6) is 2.63. The molecule has 2 heteroatoms. The van der Waals surface area contributed by atoms with Crippen molar-refractivity contribution in [1.29, 1.82) is 0 Å². The Hall–Kier alpha value is -1.33. The molecule has 1 heterocycles. The highest BCUT2D eigenvalue weighted by Crippen LogP contribution is 2.20. The highest BCUT2D eigenvalue weighted by molar-refractivity contribution is 9.10. The van der Waals surface area contributed by atoms with E-state index in [4.69, 9.17) is 6.42 Å². The van der Waals surface area contributed by atoms with Crippen LogP contribution >= 0.6 is 15.9 Å². The molecular formula is C11H6BrN. The van der Waals surface area contributed by atoms with E-state index in [0.29, 0.717) is 0 Å². The van der Waals surface area contributed by atoms with Crippen molar-refractivity contribution in [1.82, 2.24) is 4.98 Å². The van der Waals surface area contributed by atoms with Crippen LogP contribution in [-0.2, 0) is 0 Å². The van der Waals surface area contributed by atoms with Crippen molar-refractivity contribution >= 4 is 26.8 Å². The smallest absolute Gasteiger partial charge is 0.0725 e. The maximum Gasteiger partial charge on any atom is 0.0725 e. The lowest BCUT2D eigenvalue weighted by atomic mass is 10.1. The van der Waals surface area contributed by atoms with E-state index >= 15 is 0 Å². The van der Waals surface area contributed by atoms with Crippen molar-refractivity contribution < 1.29 is 0 Å². The molecule has 0 saturated carbocycles. The lowest BCUT2D eigenvalue weighted by Gasteiger charge is -1.99. The van der Waals surface area contributed by atoms with Crippen molar-refractivity contribution in [3.63, 3.8) is 0 Å². The number of halogens is 1. The molecule has 0 aliphatic carbocycles. The molecule has 13 heavy (non-hydrogen) atoms. The summed E-state index contributed by atoms with van der Waals surface area (Å²) in [4.78, 5) is 4.23. The van der Waals surface area contributed by atoms with Crippen molar-refractivity contribution in [2.75, 3.05) is 0 Å². The molecule has 0 bridgehead atoms. The minimum absolute atomic E-state index is 0.887. The third-order valence-electron chi connectivity index (χ3n) is 1.86. The number of hydrogen-bond acceptors (Lipinski definition) is 1. The quantitative estimate of drug-likeness (QED) is 0.636. The molecular weight excluding hydrogens is 226 g/mol. The molecule has 0 amide bonds. The first-order valence-electron chi connectivity index (χ1n) is 3.82. The Morgan fingerprint density at radius 3 is 2.92 bits per heavy atom. The summed E-state index contributed by atoms with van der Waals surface area (Å²) in [6, 6.07) is 7.73. The van der Waals surface area contributed by atoms with Gasteiger partial charge in [-0.05, 0) is 18.2 Å². The van der Waals surface area contributed by atoms with E-state index in [9.17, 15) is 0 Å². The number of aromatic nitrogens is 1. The summed E-state index contributed by atoms with van der Waals surface area (Å²) in [5, 5.41) is 1.02. The van der Waals surface area contributed by atoms with E-state index in [1.54, 1.807) is 6.20 Å². The average molecular weight is 232 g/mol. The predicted octanol–water partition coefficient (Wildman–Crippen LogP) is 2.98. The third kappa shape index (κ3) is 1.43. The van der Waals surface area contributed by atoms with Gasteiger partial charge in [0.25, 0.3) is 0 Å². The number of terminal acetylenes is 1. The Balaban J connectivity index is 2.87. The molecule has 0 radical (unpaired) electrons. The number of rotatable bonds is 0. The summed E-state index contributed by atoms with van der Waals surface area (Å²) in [5.41, 5.74) is 1.81. The minimum atomic E-state index is 0.887. The molecule has 1 aromatic heterocycles. The van der Waals surface area contributed by atoms with E-state index in [1.165, 1.54) is 0 Å².